The number of aromatic nitrogens is 1. The Morgan fingerprint density at radius 3 is 2.44 bits per heavy atom. The quantitative estimate of drug-likeness (QED) is 0.417. The molecule has 0 aliphatic carbocycles. The third kappa shape index (κ3) is 2.42. The van der Waals surface area contributed by atoms with Gasteiger partial charge >= 0.3 is 26.2 Å². The van der Waals surface area contributed by atoms with Crippen molar-refractivity contribution in [3.8, 4) is 0 Å². The van der Waals surface area contributed by atoms with E-state index in [-0.39, 0.29) is 26.2 Å². The molecule has 0 saturated heterocycles. The Labute approximate surface area is 77.2 Å². The van der Waals surface area contributed by atoms with Crippen molar-refractivity contribution in [2.75, 3.05) is 0 Å². The van der Waals surface area contributed by atoms with E-state index in [2.05, 4.69) is 12.2 Å². The molecule has 1 aromatic rings. The van der Waals surface area contributed by atoms with E-state index in [1.807, 2.05) is 0 Å². The van der Waals surface area contributed by atoms with Crippen LogP contribution in [0.25, 0.3) is 0 Å². The second-order valence-corrected chi connectivity index (χ2v) is 1.80. The molecule has 0 aliphatic rings. The van der Waals surface area contributed by atoms with E-state index in [9.17, 15) is 0 Å². The first-order chi connectivity index (χ1) is 3.80. The van der Waals surface area contributed by atoms with E-state index >= 15 is 0 Å². The van der Waals surface area contributed by atoms with Crippen molar-refractivity contribution in [1.29, 1.82) is 0 Å². The second kappa shape index (κ2) is 3.96. The zero-order valence-electron chi connectivity index (χ0n) is 4.82. The first kappa shape index (κ1) is 9.05. The fraction of sp³-hybridized carbons (Fsp3) is 0. The van der Waals surface area contributed by atoms with Gasteiger partial charge in [-0.1, -0.05) is 18.3 Å². The van der Waals surface area contributed by atoms with Gasteiger partial charge in [-0.15, -0.1) is 0 Å². The summed E-state index contributed by atoms with van der Waals surface area (Å²) in [5.41, 5.74) is 0. The fourth-order valence-electron chi connectivity index (χ4n) is 0.419. The van der Waals surface area contributed by atoms with Crippen molar-refractivity contribution in [3.63, 3.8) is 0 Å². The van der Waals surface area contributed by atoms with Crippen LogP contribution in [0.1, 0.15) is 0 Å². The summed E-state index contributed by atoms with van der Waals surface area (Å²) in [4.78, 5) is 0. The Balaban J connectivity index is 0.000000640. The van der Waals surface area contributed by atoms with Gasteiger partial charge in [0.15, 0.2) is 0 Å². The molecule has 1 N–H and O–H groups in total. The molecule has 0 bridgehead atoms. The van der Waals surface area contributed by atoms with Gasteiger partial charge in [0.05, 0.1) is 0 Å². The second-order valence-electron chi connectivity index (χ2n) is 1.38. The molecule has 0 amide bonds. The molecule has 0 spiro atoms. The number of pyridine rings is 1. The van der Waals surface area contributed by atoms with Crippen LogP contribution < -0.4 is 0 Å². The summed E-state index contributed by atoms with van der Waals surface area (Å²) in [5.74, 6) is 0. The SMILES string of the molecule is On1ccccc1=S.[BiH3]. The average Bonchev–Trinajstić information content (AvgIpc) is 1.77. The number of nitrogens with zero attached hydrogens (tertiary/aromatic N) is 1. The van der Waals surface area contributed by atoms with Crippen LogP contribution in [0.4, 0.5) is 0 Å². The van der Waals surface area contributed by atoms with E-state index in [4.69, 9.17) is 5.21 Å². The van der Waals surface area contributed by atoms with Crippen molar-refractivity contribution in [1.82, 2.24) is 4.73 Å². The van der Waals surface area contributed by atoms with E-state index in [1.165, 1.54) is 6.20 Å². The topological polar surface area (TPSA) is 25.2 Å². The third-order valence-corrected chi connectivity index (χ3v) is 1.13. The van der Waals surface area contributed by atoms with Crippen LogP contribution in [0.15, 0.2) is 24.4 Å². The van der Waals surface area contributed by atoms with Crippen LogP contribution in [0.3, 0.4) is 0 Å². The molecule has 0 atom stereocenters. The van der Waals surface area contributed by atoms with Crippen molar-refractivity contribution in [2.24, 2.45) is 0 Å². The normalized spacial score (nSPS) is 8.00. The maximum absolute atomic E-state index is 8.73. The molecule has 2 nitrogen and oxygen atoms in total. The van der Waals surface area contributed by atoms with Gasteiger partial charge in [-0.2, -0.15) is 4.73 Å². The zero-order valence-corrected chi connectivity index (χ0v) is 11.1. The molecule has 9 heavy (non-hydrogen) atoms. The summed E-state index contributed by atoms with van der Waals surface area (Å²) in [6, 6.07) is 5.13. The summed E-state index contributed by atoms with van der Waals surface area (Å²) >= 11 is 4.67. The van der Waals surface area contributed by atoms with Crippen molar-refractivity contribution < 1.29 is 5.21 Å². The molecule has 1 rings (SSSR count). The molecule has 0 fully saturated rings. The standard InChI is InChI=1S/C5H5NOS.Bi.3H/c7-6-4-2-1-3-5(6)8;;;;/h1-4,7H;;;;. The molecule has 0 radical (unpaired) electrons. The number of hydrogen-bond donors (Lipinski definition) is 1. The van der Waals surface area contributed by atoms with Crippen LogP contribution in [0, 0.1) is 4.64 Å². The Bertz CT molecular complexity index is 234. The summed E-state index contributed by atoms with van der Waals surface area (Å²) in [6.07, 6.45) is 1.49. The van der Waals surface area contributed by atoms with Crippen molar-refractivity contribution >= 4 is 38.4 Å². The predicted molar refractivity (Wildman–Crippen MR) is 42.4 cm³/mol. The van der Waals surface area contributed by atoms with Gasteiger partial charge in [0.25, 0.3) is 0 Å². The average molecular weight is 339 g/mol. The van der Waals surface area contributed by atoms with Crippen LogP contribution in [0.2, 0.25) is 0 Å². The molecule has 0 aliphatic heterocycles. The van der Waals surface area contributed by atoms with Crippen molar-refractivity contribution in [2.45, 2.75) is 0 Å². The Morgan fingerprint density at radius 1 is 1.44 bits per heavy atom. The number of hydrogen-bond acceptors (Lipinski definition) is 2. The van der Waals surface area contributed by atoms with Crippen LogP contribution in [-0.4, -0.2) is 36.1 Å². The van der Waals surface area contributed by atoms with E-state index in [0.717, 1.165) is 4.73 Å². The van der Waals surface area contributed by atoms with Gasteiger partial charge in [0, 0.05) is 6.20 Å². The van der Waals surface area contributed by atoms with E-state index in [0.29, 0.717) is 4.64 Å². The van der Waals surface area contributed by atoms with Gasteiger partial charge in [-0.3, -0.25) is 0 Å². The maximum atomic E-state index is 8.73. The van der Waals surface area contributed by atoms with Gasteiger partial charge in [-0.25, -0.2) is 0 Å². The Kier molecular flexibility index (Phi) is 3.99. The minimum absolute atomic E-state index is 0. The van der Waals surface area contributed by atoms with Gasteiger partial charge in [0.2, 0.25) is 0 Å². The molecule has 4 heteroatoms. The summed E-state index contributed by atoms with van der Waals surface area (Å²) in [6.45, 7) is 0. The first-order valence-corrected chi connectivity index (χ1v) is 2.58. The first-order valence-electron chi connectivity index (χ1n) is 2.17. The van der Waals surface area contributed by atoms with Crippen LogP contribution in [-0.2, 0) is 0 Å². The molecule has 0 aromatic carbocycles. The summed E-state index contributed by atoms with van der Waals surface area (Å²) in [7, 11) is 0. The van der Waals surface area contributed by atoms with Gasteiger partial charge in [-0.05, 0) is 12.1 Å². The molecular formula is C5H8BiNOS. The summed E-state index contributed by atoms with van der Waals surface area (Å²) < 4.78 is 1.32. The minimum atomic E-state index is 0. The Hall–Kier alpha value is 0.0531. The molecular weight excluding hydrogens is 331 g/mol. The van der Waals surface area contributed by atoms with Gasteiger partial charge < -0.3 is 5.21 Å². The van der Waals surface area contributed by atoms with Crippen LogP contribution in [0.5, 0.6) is 0 Å². The predicted octanol–water partition coefficient (Wildman–Crippen LogP) is 0.271. The number of rotatable bonds is 0. The monoisotopic (exact) mass is 339 g/mol. The zero-order chi connectivity index (χ0) is 5.98. The summed E-state index contributed by atoms with van der Waals surface area (Å²) in [5, 5.41) is 8.73. The van der Waals surface area contributed by atoms with Crippen molar-refractivity contribution in [3.05, 3.63) is 29.0 Å². The third-order valence-electron chi connectivity index (χ3n) is 0.803. The molecule has 0 unspecified atom stereocenters. The fourth-order valence-corrected chi connectivity index (χ4v) is 0.558. The van der Waals surface area contributed by atoms with Gasteiger partial charge in [0.1, 0.15) is 4.64 Å². The van der Waals surface area contributed by atoms with E-state index in [1.54, 1.807) is 18.2 Å². The molecule has 0 saturated carbocycles. The molecule has 1 heterocycles. The van der Waals surface area contributed by atoms with Crippen LogP contribution >= 0.6 is 12.2 Å². The molecule has 50 valence electrons. The molecule has 1 aromatic heterocycles. The Morgan fingerprint density at radius 2 is 2.11 bits per heavy atom. The van der Waals surface area contributed by atoms with E-state index < -0.39 is 0 Å².